The highest BCUT2D eigenvalue weighted by atomic mass is 16.5. The number of esters is 1. The molecule has 5 nitrogen and oxygen atoms in total. The molecule has 2 saturated carbocycles. The van der Waals surface area contributed by atoms with Crippen molar-refractivity contribution in [1.82, 2.24) is 10.3 Å². The summed E-state index contributed by atoms with van der Waals surface area (Å²) < 4.78 is 5.83. The van der Waals surface area contributed by atoms with Crippen molar-refractivity contribution in [3.8, 4) is 0 Å². The number of fused-ring (bicyclic) bond motifs is 5. The lowest BCUT2D eigenvalue weighted by atomic mass is 9.47. The van der Waals surface area contributed by atoms with E-state index in [0.717, 1.165) is 37.5 Å². The molecule has 0 bridgehead atoms. The molecule has 1 heterocycles. The Morgan fingerprint density at radius 2 is 2.03 bits per heavy atom. The van der Waals surface area contributed by atoms with E-state index in [1.807, 2.05) is 12.4 Å². The fourth-order valence-electron chi connectivity index (χ4n) is 7.76. The topological polar surface area (TPSA) is 77.2 Å². The van der Waals surface area contributed by atoms with E-state index in [9.17, 15) is 4.79 Å². The average molecular weight is 462 g/mol. The van der Waals surface area contributed by atoms with Gasteiger partial charge in [0.15, 0.2) is 0 Å². The third-order valence-corrected chi connectivity index (χ3v) is 9.64. The molecule has 0 amide bonds. The standard InChI is InChI=1S/C29H39N3O2/c1-19(16-30)32-18-27(33)34-22-10-12-28(2)21(15-22)6-7-23-25-9-8-24(20-5-4-14-31-17-20)29(25,3)13-11-26(23)28/h4-6,8,14,17,22-23,25-26,32H,1,7,9-13,15-16,18,30H2,2-3H3/t22-,23-,25?,26?,28-,29+/m0/s1. The number of nitrogens with one attached hydrogen (secondary N) is 1. The van der Waals surface area contributed by atoms with Crippen LogP contribution in [-0.4, -0.2) is 30.1 Å². The number of carbonyl (C=O) groups is 1. The molecule has 6 atom stereocenters. The maximum absolute atomic E-state index is 12.3. The zero-order valence-corrected chi connectivity index (χ0v) is 20.7. The number of nitrogens with two attached hydrogens (primary N) is 1. The Hall–Kier alpha value is -2.40. The molecule has 5 heteroatoms. The van der Waals surface area contributed by atoms with Gasteiger partial charge in [-0.1, -0.05) is 44.2 Å². The summed E-state index contributed by atoms with van der Waals surface area (Å²) in [5, 5.41) is 2.95. The predicted molar refractivity (Wildman–Crippen MR) is 135 cm³/mol. The third kappa shape index (κ3) is 3.92. The molecule has 1 aromatic rings. The van der Waals surface area contributed by atoms with Crippen LogP contribution >= 0.6 is 0 Å². The molecule has 34 heavy (non-hydrogen) atoms. The molecule has 0 saturated heterocycles. The van der Waals surface area contributed by atoms with E-state index in [4.69, 9.17) is 10.5 Å². The summed E-state index contributed by atoms with van der Waals surface area (Å²) >= 11 is 0. The van der Waals surface area contributed by atoms with Crippen molar-refractivity contribution in [3.05, 3.63) is 60.1 Å². The van der Waals surface area contributed by atoms with Crippen LogP contribution in [0.1, 0.15) is 64.4 Å². The average Bonchev–Trinajstić information content (AvgIpc) is 3.20. The highest BCUT2D eigenvalue weighted by Crippen LogP contribution is 2.66. The van der Waals surface area contributed by atoms with Crippen LogP contribution in [0.2, 0.25) is 0 Å². The molecule has 0 aromatic carbocycles. The highest BCUT2D eigenvalue weighted by molar-refractivity contribution is 5.73. The molecule has 4 aliphatic carbocycles. The molecule has 1 aromatic heterocycles. The molecule has 0 aliphatic heterocycles. The first kappa shape index (κ1) is 23.3. The van der Waals surface area contributed by atoms with Crippen molar-refractivity contribution in [2.45, 2.75) is 64.9 Å². The minimum absolute atomic E-state index is 0.0181. The smallest absolute Gasteiger partial charge is 0.325 e. The Morgan fingerprint density at radius 1 is 1.21 bits per heavy atom. The zero-order chi connectivity index (χ0) is 23.9. The van der Waals surface area contributed by atoms with Gasteiger partial charge in [-0.2, -0.15) is 0 Å². The summed E-state index contributed by atoms with van der Waals surface area (Å²) in [5.41, 5.74) is 11.0. The van der Waals surface area contributed by atoms with Crippen LogP contribution in [0.5, 0.6) is 0 Å². The van der Waals surface area contributed by atoms with Crippen LogP contribution in [-0.2, 0) is 9.53 Å². The summed E-state index contributed by atoms with van der Waals surface area (Å²) in [7, 11) is 0. The number of hydrogen-bond donors (Lipinski definition) is 2. The van der Waals surface area contributed by atoms with Gasteiger partial charge in [0, 0.05) is 31.1 Å². The van der Waals surface area contributed by atoms with Crippen LogP contribution in [0.3, 0.4) is 0 Å². The quantitative estimate of drug-likeness (QED) is 0.460. The normalized spacial score (nSPS) is 36.3. The molecule has 3 N–H and O–H groups in total. The second-order valence-electron chi connectivity index (χ2n) is 11.3. The number of rotatable bonds is 6. The van der Waals surface area contributed by atoms with E-state index in [-0.39, 0.29) is 29.4 Å². The van der Waals surface area contributed by atoms with E-state index < -0.39 is 0 Å². The van der Waals surface area contributed by atoms with Crippen LogP contribution in [0.4, 0.5) is 0 Å². The SMILES string of the molecule is C=C(CN)NCC(=O)O[C@H]1CC[C@@]2(C)C(=CC[C@@H]3C2CC[C@]2(C)C(c4cccnc4)=CCC32)C1. The fraction of sp³-hybridized carbons (Fsp3) is 0.586. The summed E-state index contributed by atoms with van der Waals surface area (Å²) in [4.78, 5) is 16.7. The second-order valence-corrected chi connectivity index (χ2v) is 11.3. The van der Waals surface area contributed by atoms with Crippen molar-refractivity contribution >= 4 is 11.5 Å². The van der Waals surface area contributed by atoms with Crippen molar-refractivity contribution in [2.75, 3.05) is 13.1 Å². The second kappa shape index (κ2) is 8.99. The fourth-order valence-corrected chi connectivity index (χ4v) is 7.76. The number of nitrogens with zero attached hydrogens (tertiary/aromatic N) is 1. The van der Waals surface area contributed by atoms with E-state index in [1.54, 1.807) is 0 Å². The molecule has 182 valence electrons. The van der Waals surface area contributed by atoms with Crippen LogP contribution in [0.15, 0.2) is 54.5 Å². The number of carbonyl (C=O) groups excluding carboxylic acids is 1. The number of pyridine rings is 1. The number of aromatic nitrogens is 1. The van der Waals surface area contributed by atoms with E-state index in [0.29, 0.717) is 18.2 Å². The van der Waals surface area contributed by atoms with Gasteiger partial charge in [-0.3, -0.25) is 9.78 Å². The van der Waals surface area contributed by atoms with Crippen LogP contribution in [0.25, 0.3) is 5.57 Å². The minimum Gasteiger partial charge on any atom is -0.461 e. The lowest BCUT2D eigenvalue weighted by Gasteiger charge is -2.57. The Kier molecular flexibility index (Phi) is 6.18. The predicted octanol–water partition coefficient (Wildman–Crippen LogP) is 5.01. The molecular weight excluding hydrogens is 422 g/mol. The van der Waals surface area contributed by atoms with Crippen LogP contribution < -0.4 is 11.1 Å². The first-order valence-corrected chi connectivity index (χ1v) is 13.0. The van der Waals surface area contributed by atoms with Gasteiger partial charge in [0.25, 0.3) is 0 Å². The number of ether oxygens (including phenoxy) is 1. The van der Waals surface area contributed by atoms with Crippen molar-refractivity contribution in [3.63, 3.8) is 0 Å². The van der Waals surface area contributed by atoms with Gasteiger partial charge in [0.1, 0.15) is 12.6 Å². The van der Waals surface area contributed by atoms with Gasteiger partial charge in [0.05, 0.1) is 0 Å². The molecule has 2 unspecified atom stereocenters. The molecule has 0 radical (unpaired) electrons. The molecule has 4 aliphatic rings. The van der Waals surface area contributed by atoms with Crippen molar-refractivity contribution < 1.29 is 9.53 Å². The first-order chi connectivity index (χ1) is 16.3. The number of allylic oxidation sites excluding steroid dienone is 3. The molecule has 0 spiro atoms. The Bertz CT molecular complexity index is 1020. The van der Waals surface area contributed by atoms with Gasteiger partial charge in [-0.15, -0.1) is 0 Å². The summed E-state index contributed by atoms with van der Waals surface area (Å²) in [5.74, 6) is 1.93. The molecular formula is C29H39N3O2. The Labute approximate surface area is 203 Å². The highest BCUT2D eigenvalue weighted by Gasteiger charge is 2.57. The van der Waals surface area contributed by atoms with Gasteiger partial charge < -0.3 is 15.8 Å². The maximum Gasteiger partial charge on any atom is 0.325 e. The summed E-state index contributed by atoms with van der Waals surface area (Å²) in [6.45, 7) is 9.24. The zero-order valence-electron chi connectivity index (χ0n) is 20.7. The Morgan fingerprint density at radius 3 is 2.79 bits per heavy atom. The van der Waals surface area contributed by atoms with Gasteiger partial charge in [-0.25, -0.2) is 0 Å². The van der Waals surface area contributed by atoms with Gasteiger partial charge >= 0.3 is 5.97 Å². The van der Waals surface area contributed by atoms with E-state index >= 15 is 0 Å². The molecule has 2 fully saturated rings. The van der Waals surface area contributed by atoms with Gasteiger partial charge in [-0.05, 0) is 84.3 Å². The monoisotopic (exact) mass is 461 g/mol. The molecule has 5 rings (SSSR count). The Balaban J connectivity index is 1.28. The summed E-state index contributed by atoms with van der Waals surface area (Å²) in [6, 6.07) is 4.29. The first-order valence-electron chi connectivity index (χ1n) is 13.0. The van der Waals surface area contributed by atoms with Gasteiger partial charge in [0.2, 0.25) is 0 Å². The van der Waals surface area contributed by atoms with Crippen LogP contribution in [0, 0.1) is 28.6 Å². The lowest BCUT2D eigenvalue weighted by molar-refractivity contribution is -0.150. The van der Waals surface area contributed by atoms with E-state index in [2.05, 4.69) is 55.0 Å². The van der Waals surface area contributed by atoms with E-state index in [1.165, 1.54) is 36.0 Å². The maximum atomic E-state index is 12.3. The minimum atomic E-state index is -0.217. The van der Waals surface area contributed by atoms with Crippen molar-refractivity contribution in [1.29, 1.82) is 0 Å². The summed E-state index contributed by atoms with van der Waals surface area (Å²) in [6.07, 6.45) is 16.7. The van der Waals surface area contributed by atoms with Crippen molar-refractivity contribution in [2.24, 2.45) is 34.3 Å². The number of hydrogen-bond acceptors (Lipinski definition) is 5. The largest absolute Gasteiger partial charge is 0.461 e. The third-order valence-electron chi connectivity index (χ3n) is 9.64. The lowest BCUT2D eigenvalue weighted by Crippen LogP contribution is -2.50.